The van der Waals surface area contributed by atoms with E-state index in [-0.39, 0.29) is 12.1 Å². The molecule has 164 valence electrons. The van der Waals surface area contributed by atoms with Crippen LogP contribution in [0.25, 0.3) is 22.6 Å². The summed E-state index contributed by atoms with van der Waals surface area (Å²) < 4.78 is 9.67. The van der Waals surface area contributed by atoms with Crippen LogP contribution in [0.1, 0.15) is 35.5 Å². The van der Waals surface area contributed by atoms with E-state index in [0.29, 0.717) is 5.56 Å². The molecule has 0 amide bonds. The van der Waals surface area contributed by atoms with Gasteiger partial charge in [0.05, 0.1) is 23.1 Å². The second-order valence-corrected chi connectivity index (χ2v) is 8.61. The Kier molecular flexibility index (Phi) is 5.62. The largest absolute Gasteiger partial charge is 0.459 e. The first kappa shape index (κ1) is 21.2. The van der Waals surface area contributed by atoms with Gasteiger partial charge in [-0.05, 0) is 45.5 Å². The summed E-state index contributed by atoms with van der Waals surface area (Å²) in [6, 6.07) is 3.97. The standard InChI is InChI=1S/C24H31N5O2/c1-16(2)31-24(30)21-14-20-13-19(23-25-7-8-27(23)6)15-29(20)22(17(21)3)18(4)28-11-9-26(5)10-12-28/h7-8,13-16H,4,9-12H2,1-3,5-6H3. The lowest BCUT2D eigenvalue weighted by molar-refractivity contribution is 0.0377. The average molecular weight is 422 g/mol. The molecule has 0 saturated carbocycles. The molecule has 1 fully saturated rings. The lowest BCUT2D eigenvalue weighted by atomic mass is 10.0. The third-order valence-corrected chi connectivity index (χ3v) is 5.94. The summed E-state index contributed by atoms with van der Waals surface area (Å²) in [5, 5.41) is 0. The molecule has 4 rings (SSSR count). The molecule has 1 aliphatic rings. The molecule has 0 radical (unpaired) electrons. The van der Waals surface area contributed by atoms with E-state index in [0.717, 1.165) is 60.0 Å². The predicted octanol–water partition coefficient (Wildman–Crippen LogP) is 3.43. The third kappa shape index (κ3) is 3.97. The Morgan fingerprint density at radius 2 is 1.87 bits per heavy atom. The number of likely N-dealkylation sites (N-methyl/N-ethyl adjacent to an activating group) is 1. The van der Waals surface area contributed by atoms with Crippen molar-refractivity contribution in [1.29, 1.82) is 0 Å². The fourth-order valence-corrected chi connectivity index (χ4v) is 4.19. The van der Waals surface area contributed by atoms with E-state index in [1.54, 1.807) is 6.20 Å². The molecule has 0 spiro atoms. The fourth-order valence-electron chi connectivity index (χ4n) is 4.19. The van der Waals surface area contributed by atoms with E-state index < -0.39 is 0 Å². The summed E-state index contributed by atoms with van der Waals surface area (Å²) in [6.07, 6.45) is 5.62. The number of ether oxygens (including phenoxy) is 1. The Bertz CT molecular complexity index is 1130. The molecular weight excluding hydrogens is 390 g/mol. The number of carbonyl (C=O) groups excluding carboxylic acids is 1. The smallest absolute Gasteiger partial charge is 0.338 e. The van der Waals surface area contributed by atoms with E-state index in [1.165, 1.54) is 0 Å². The molecule has 31 heavy (non-hydrogen) atoms. The van der Waals surface area contributed by atoms with Crippen molar-refractivity contribution in [3.63, 3.8) is 0 Å². The van der Waals surface area contributed by atoms with Crippen LogP contribution < -0.4 is 0 Å². The molecule has 0 atom stereocenters. The van der Waals surface area contributed by atoms with Crippen LogP contribution in [0.4, 0.5) is 0 Å². The van der Waals surface area contributed by atoms with Crippen molar-refractivity contribution in [2.75, 3.05) is 33.2 Å². The van der Waals surface area contributed by atoms with Crippen molar-refractivity contribution >= 4 is 17.2 Å². The molecule has 0 bridgehead atoms. The number of nitrogens with zero attached hydrogens (tertiary/aromatic N) is 5. The van der Waals surface area contributed by atoms with Gasteiger partial charge < -0.3 is 23.5 Å². The lowest BCUT2D eigenvalue weighted by Crippen LogP contribution is -2.43. The van der Waals surface area contributed by atoms with Crippen LogP contribution in [0.15, 0.2) is 37.3 Å². The number of aryl methyl sites for hydroxylation is 1. The first-order valence-corrected chi connectivity index (χ1v) is 10.7. The van der Waals surface area contributed by atoms with Crippen molar-refractivity contribution < 1.29 is 9.53 Å². The van der Waals surface area contributed by atoms with Crippen LogP contribution in [0.5, 0.6) is 0 Å². The molecule has 1 saturated heterocycles. The summed E-state index contributed by atoms with van der Waals surface area (Å²) in [7, 11) is 4.11. The maximum atomic E-state index is 12.9. The monoisotopic (exact) mass is 421 g/mol. The quantitative estimate of drug-likeness (QED) is 0.591. The molecule has 4 heterocycles. The Labute approximate surface area is 183 Å². The second kappa shape index (κ2) is 8.23. The van der Waals surface area contributed by atoms with Gasteiger partial charge in [-0.1, -0.05) is 6.58 Å². The number of piperazine rings is 1. The zero-order valence-electron chi connectivity index (χ0n) is 19.1. The second-order valence-electron chi connectivity index (χ2n) is 8.61. The van der Waals surface area contributed by atoms with Crippen molar-refractivity contribution in [2.24, 2.45) is 7.05 Å². The highest BCUT2D eigenvalue weighted by molar-refractivity contribution is 5.94. The van der Waals surface area contributed by atoms with E-state index in [9.17, 15) is 4.79 Å². The van der Waals surface area contributed by atoms with Crippen LogP contribution in [0.3, 0.4) is 0 Å². The molecular formula is C24H31N5O2. The van der Waals surface area contributed by atoms with Gasteiger partial charge in [-0.2, -0.15) is 0 Å². The van der Waals surface area contributed by atoms with Gasteiger partial charge in [0.25, 0.3) is 0 Å². The highest BCUT2D eigenvalue weighted by Gasteiger charge is 2.24. The molecule has 0 aromatic carbocycles. The fraction of sp³-hybridized carbons (Fsp3) is 0.417. The number of rotatable bonds is 5. The maximum Gasteiger partial charge on any atom is 0.338 e. The van der Waals surface area contributed by atoms with Crippen molar-refractivity contribution in [2.45, 2.75) is 26.9 Å². The van der Waals surface area contributed by atoms with Gasteiger partial charge in [-0.25, -0.2) is 9.78 Å². The summed E-state index contributed by atoms with van der Waals surface area (Å²) in [5.74, 6) is 0.575. The van der Waals surface area contributed by atoms with Crippen LogP contribution in [0.2, 0.25) is 0 Å². The lowest BCUT2D eigenvalue weighted by Gasteiger charge is -2.36. The van der Waals surface area contributed by atoms with E-state index >= 15 is 0 Å². The molecule has 3 aromatic rings. The SMILES string of the molecule is C=C(c1c(C)c(C(=O)OC(C)C)cc2cc(-c3nccn3C)cn12)N1CCN(C)CC1. The molecule has 0 unspecified atom stereocenters. The van der Waals surface area contributed by atoms with Gasteiger partial charge in [0.1, 0.15) is 5.82 Å². The number of imidazole rings is 1. The van der Waals surface area contributed by atoms with Gasteiger partial charge in [-0.15, -0.1) is 0 Å². The Morgan fingerprint density at radius 3 is 2.48 bits per heavy atom. The van der Waals surface area contributed by atoms with E-state index in [2.05, 4.69) is 45.1 Å². The summed E-state index contributed by atoms with van der Waals surface area (Å²) >= 11 is 0. The first-order valence-electron chi connectivity index (χ1n) is 10.7. The Balaban J connectivity index is 1.87. The molecule has 1 aliphatic heterocycles. The number of aromatic nitrogens is 3. The molecule has 0 N–H and O–H groups in total. The molecule has 7 heteroatoms. The summed E-state index contributed by atoms with van der Waals surface area (Å²) in [5.41, 5.74) is 5.24. The average Bonchev–Trinajstić information content (AvgIpc) is 3.32. The molecule has 7 nitrogen and oxygen atoms in total. The zero-order chi connectivity index (χ0) is 22.3. The zero-order valence-corrected chi connectivity index (χ0v) is 19.1. The molecule has 3 aromatic heterocycles. The highest BCUT2D eigenvalue weighted by atomic mass is 16.5. The summed E-state index contributed by atoms with van der Waals surface area (Å²) in [4.78, 5) is 22.0. The number of carbonyl (C=O) groups is 1. The maximum absolute atomic E-state index is 12.9. The van der Waals surface area contributed by atoms with Crippen LogP contribution >= 0.6 is 0 Å². The minimum atomic E-state index is -0.304. The van der Waals surface area contributed by atoms with Crippen LogP contribution in [-0.2, 0) is 11.8 Å². The van der Waals surface area contributed by atoms with E-state index in [1.807, 2.05) is 44.6 Å². The van der Waals surface area contributed by atoms with Gasteiger partial charge in [0.2, 0.25) is 0 Å². The predicted molar refractivity (Wildman–Crippen MR) is 123 cm³/mol. The minimum absolute atomic E-state index is 0.178. The summed E-state index contributed by atoms with van der Waals surface area (Å²) in [6.45, 7) is 14.0. The normalized spacial score (nSPS) is 15.1. The van der Waals surface area contributed by atoms with Crippen LogP contribution in [-0.4, -0.2) is 69.1 Å². The van der Waals surface area contributed by atoms with Gasteiger partial charge in [0.15, 0.2) is 0 Å². The third-order valence-electron chi connectivity index (χ3n) is 5.94. The highest BCUT2D eigenvalue weighted by Crippen LogP contribution is 2.31. The number of hydrogen-bond donors (Lipinski definition) is 0. The number of fused-ring (bicyclic) bond motifs is 1. The van der Waals surface area contributed by atoms with Gasteiger partial charge >= 0.3 is 5.97 Å². The minimum Gasteiger partial charge on any atom is -0.459 e. The first-order chi connectivity index (χ1) is 14.8. The Morgan fingerprint density at radius 1 is 1.16 bits per heavy atom. The van der Waals surface area contributed by atoms with Crippen molar-refractivity contribution in [1.82, 2.24) is 23.8 Å². The topological polar surface area (TPSA) is 55.0 Å². The van der Waals surface area contributed by atoms with Crippen molar-refractivity contribution in [3.8, 4) is 11.4 Å². The Hall–Kier alpha value is -3.06. The molecule has 0 aliphatic carbocycles. The van der Waals surface area contributed by atoms with Crippen molar-refractivity contribution in [3.05, 3.63) is 54.1 Å². The number of esters is 1. The number of hydrogen-bond acceptors (Lipinski definition) is 5. The van der Waals surface area contributed by atoms with Crippen LogP contribution in [0, 0.1) is 6.92 Å². The van der Waals surface area contributed by atoms with Gasteiger partial charge in [-0.3, -0.25) is 0 Å². The van der Waals surface area contributed by atoms with Gasteiger partial charge in [0, 0.05) is 62.9 Å². The number of pyridine rings is 1. The van der Waals surface area contributed by atoms with E-state index in [4.69, 9.17) is 4.74 Å².